The number of aromatic nitrogens is 3. The van der Waals surface area contributed by atoms with Gasteiger partial charge in [0, 0.05) is 60.0 Å². The number of allylic oxidation sites excluding steroid dienone is 1. The zero-order valence-electron chi connectivity index (χ0n) is 20.2. The maximum atomic E-state index is 12.7. The predicted molar refractivity (Wildman–Crippen MR) is 143 cm³/mol. The highest BCUT2D eigenvalue weighted by Crippen LogP contribution is 2.28. The smallest absolute Gasteiger partial charge is 0.262 e. The van der Waals surface area contributed by atoms with E-state index in [2.05, 4.69) is 20.4 Å². The predicted octanol–water partition coefficient (Wildman–Crippen LogP) is 4.27. The van der Waals surface area contributed by atoms with Crippen molar-refractivity contribution in [1.29, 1.82) is 5.41 Å². The van der Waals surface area contributed by atoms with Crippen LogP contribution in [0.3, 0.4) is 0 Å². The molecule has 2 aromatic carbocycles. The number of hydrogen-bond donors (Lipinski definition) is 3. The lowest BCUT2D eigenvalue weighted by Crippen LogP contribution is -2.43. The Morgan fingerprint density at radius 2 is 1.76 bits per heavy atom. The molecular formula is C28H27N7O2. The number of hydrogen-bond acceptors (Lipinski definition) is 8. The molecular weight excluding hydrogens is 466 g/mol. The molecule has 1 saturated heterocycles. The van der Waals surface area contributed by atoms with Crippen LogP contribution in [-0.4, -0.2) is 51.3 Å². The fraction of sp³-hybridized carbons (Fsp3) is 0.179. The van der Waals surface area contributed by atoms with E-state index in [0.29, 0.717) is 41.2 Å². The van der Waals surface area contributed by atoms with Crippen LogP contribution in [0.15, 0.2) is 83.6 Å². The third-order valence-electron chi connectivity index (χ3n) is 6.37. The summed E-state index contributed by atoms with van der Waals surface area (Å²) >= 11 is 0. The summed E-state index contributed by atoms with van der Waals surface area (Å²) in [6.07, 6.45) is 6.33. The van der Waals surface area contributed by atoms with Gasteiger partial charge in [-0.2, -0.15) is 4.98 Å². The summed E-state index contributed by atoms with van der Waals surface area (Å²) in [4.78, 5) is 23.4. The van der Waals surface area contributed by atoms with Crippen LogP contribution in [0.5, 0.6) is 0 Å². The molecule has 0 spiro atoms. The van der Waals surface area contributed by atoms with Gasteiger partial charge in [0.1, 0.15) is 5.82 Å². The molecule has 3 heterocycles. The average molecular weight is 494 g/mol. The van der Waals surface area contributed by atoms with Gasteiger partial charge >= 0.3 is 0 Å². The number of piperidine rings is 1. The molecule has 1 aliphatic rings. The molecule has 0 saturated carbocycles. The number of amides is 1. The Balaban J connectivity index is 1.26. The van der Waals surface area contributed by atoms with Gasteiger partial charge < -0.3 is 25.9 Å². The van der Waals surface area contributed by atoms with E-state index in [-0.39, 0.29) is 23.7 Å². The lowest BCUT2D eigenvalue weighted by Gasteiger charge is -2.32. The summed E-state index contributed by atoms with van der Waals surface area (Å²) in [6.45, 7) is 1.35. The quantitative estimate of drug-likeness (QED) is 0.327. The van der Waals surface area contributed by atoms with Crippen LogP contribution in [0.4, 0.5) is 5.82 Å². The van der Waals surface area contributed by atoms with Gasteiger partial charge in [-0.25, -0.2) is 4.98 Å². The molecule has 0 atom stereocenters. The topological polar surface area (TPSA) is 134 Å². The lowest BCUT2D eigenvalue weighted by molar-refractivity contribution is 0.0709. The number of anilines is 1. The molecule has 5 rings (SSSR count). The van der Waals surface area contributed by atoms with Crippen LogP contribution >= 0.6 is 0 Å². The highest BCUT2D eigenvalue weighted by molar-refractivity contribution is 6.08. The monoisotopic (exact) mass is 493 g/mol. The molecule has 1 aliphatic heterocycles. The molecule has 37 heavy (non-hydrogen) atoms. The number of likely N-dealkylation sites (tertiary alicyclic amines) is 1. The first kappa shape index (κ1) is 23.9. The molecule has 9 nitrogen and oxygen atoms in total. The van der Waals surface area contributed by atoms with Crippen LogP contribution in [-0.2, 0) is 0 Å². The van der Waals surface area contributed by atoms with Crippen molar-refractivity contribution in [2.75, 3.05) is 18.8 Å². The molecule has 0 bridgehead atoms. The zero-order valence-corrected chi connectivity index (χ0v) is 20.2. The summed E-state index contributed by atoms with van der Waals surface area (Å²) < 4.78 is 5.47. The number of carbonyl (C=O) groups is 1. The van der Waals surface area contributed by atoms with E-state index in [1.165, 1.54) is 6.21 Å². The third-order valence-corrected chi connectivity index (χ3v) is 6.37. The van der Waals surface area contributed by atoms with E-state index in [0.717, 1.165) is 18.4 Å². The SMILES string of the molecule is N=C/C(=C\NC1CCN(C(=O)c2ccccc2)CC1)c1cnc(N)c(-c2nc(-c3ccccc3)no2)c1. The Morgan fingerprint density at radius 3 is 2.46 bits per heavy atom. The number of carbonyl (C=O) groups excluding carboxylic acids is 1. The highest BCUT2D eigenvalue weighted by atomic mass is 16.5. The van der Waals surface area contributed by atoms with Crippen molar-refractivity contribution in [3.05, 3.63) is 90.3 Å². The summed E-state index contributed by atoms with van der Waals surface area (Å²) in [5.41, 5.74) is 9.51. The molecule has 1 amide bonds. The molecule has 9 heteroatoms. The van der Waals surface area contributed by atoms with Crippen LogP contribution in [0.25, 0.3) is 28.4 Å². The fourth-order valence-electron chi connectivity index (χ4n) is 4.27. The molecule has 0 unspecified atom stereocenters. The first-order chi connectivity index (χ1) is 18.1. The summed E-state index contributed by atoms with van der Waals surface area (Å²) in [7, 11) is 0. The Bertz CT molecular complexity index is 1410. The fourth-order valence-corrected chi connectivity index (χ4v) is 4.27. The molecule has 186 valence electrons. The van der Waals surface area contributed by atoms with Gasteiger partial charge in [-0.15, -0.1) is 0 Å². The molecule has 2 aromatic heterocycles. The zero-order chi connectivity index (χ0) is 25.6. The van der Waals surface area contributed by atoms with Gasteiger partial charge in [-0.05, 0) is 31.0 Å². The Morgan fingerprint density at radius 1 is 1.05 bits per heavy atom. The van der Waals surface area contributed by atoms with Gasteiger partial charge in [-0.3, -0.25) is 4.79 Å². The van der Waals surface area contributed by atoms with Crippen molar-refractivity contribution in [2.45, 2.75) is 18.9 Å². The van der Waals surface area contributed by atoms with E-state index in [1.807, 2.05) is 71.8 Å². The Kier molecular flexibility index (Phi) is 7.02. The third kappa shape index (κ3) is 5.40. The second-order valence-electron chi connectivity index (χ2n) is 8.79. The summed E-state index contributed by atoms with van der Waals surface area (Å²) in [5.74, 6) is 1.05. The van der Waals surface area contributed by atoms with E-state index in [1.54, 1.807) is 12.3 Å². The van der Waals surface area contributed by atoms with Crippen LogP contribution in [0.2, 0.25) is 0 Å². The van der Waals surface area contributed by atoms with E-state index in [9.17, 15) is 4.79 Å². The second-order valence-corrected chi connectivity index (χ2v) is 8.79. The van der Waals surface area contributed by atoms with E-state index >= 15 is 0 Å². The second kappa shape index (κ2) is 10.9. The summed E-state index contributed by atoms with van der Waals surface area (Å²) in [5, 5.41) is 15.4. The maximum absolute atomic E-state index is 12.7. The molecule has 0 aliphatic carbocycles. The van der Waals surface area contributed by atoms with Gasteiger partial charge in [0.2, 0.25) is 5.82 Å². The molecule has 1 fully saturated rings. The molecule has 4 N–H and O–H groups in total. The first-order valence-corrected chi connectivity index (χ1v) is 12.1. The number of nitrogens with two attached hydrogens (primary N) is 1. The van der Waals surface area contributed by atoms with Crippen molar-refractivity contribution >= 4 is 23.5 Å². The van der Waals surface area contributed by atoms with Gasteiger partial charge in [0.25, 0.3) is 11.8 Å². The molecule has 0 radical (unpaired) electrons. The standard InChI is InChI=1S/C28H27N7O2/c29-16-22(18-31-23-11-13-35(14-12-23)28(36)20-9-5-2-6-10-20)21-15-24(25(30)32-17-21)27-33-26(34-37-27)19-7-3-1-4-8-19/h1-10,15-18,23,29,31H,11-14H2,(H2,30,32)/b22-18+,29-16?. The largest absolute Gasteiger partial charge is 0.387 e. The Hall–Kier alpha value is -4.79. The maximum Gasteiger partial charge on any atom is 0.262 e. The van der Waals surface area contributed by atoms with Crippen molar-refractivity contribution < 1.29 is 9.32 Å². The van der Waals surface area contributed by atoms with Crippen molar-refractivity contribution in [3.8, 4) is 22.8 Å². The Labute approximate surface area is 214 Å². The van der Waals surface area contributed by atoms with Gasteiger partial charge in [-0.1, -0.05) is 53.7 Å². The molecule has 4 aromatic rings. The number of nitrogen functional groups attached to an aromatic ring is 1. The minimum absolute atomic E-state index is 0.0618. The van der Waals surface area contributed by atoms with E-state index in [4.69, 9.17) is 15.7 Å². The van der Waals surface area contributed by atoms with Crippen molar-refractivity contribution in [2.24, 2.45) is 0 Å². The van der Waals surface area contributed by atoms with Crippen LogP contribution < -0.4 is 11.1 Å². The van der Waals surface area contributed by atoms with Crippen molar-refractivity contribution in [3.63, 3.8) is 0 Å². The van der Waals surface area contributed by atoms with Crippen LogP contribution in [0.1, 0.15) is 28.8 Å². The van der Waals surface area contributed by atoms with E-state index < -0.39 is 0 Å². The summed E-state index contributed by atoms with van der Waals surface area (Å²) in [6, 6.07) is 20.9. The number of pyridine rings is 1. The number of benzene rings is 2. The lowest BCUT2D eigenvalue weighted by atomic mass is 10.0. The van der Waals surface area contributed by atoms with Gasteiger partial charge in [0.05, 0.1) is 5.56 Å². The normalized spacial score (nSPS) is 14.4. The first-order valence-electron chi connectivity index (χ1n) is 12.1. The minimum Gasteiger partial charge on any atom is -0.387 e. The van der Waals surface area contributed by atoms with Crippen molar-refractivity contribution in [1.82, 2.24) is 25.3 Å². The number of rotatable bonds is 7. The number of nitrogens with zero attached hydrogens (tertiary/aromatic N) is 4. The average Bonchev–Trinajstić information content (AvgIpc) is 3.45. The highest BCUT2D eigenvalue weighted by Gasteiger charge is 2.23. The van der Waals surface area contributed by atoms with Gasteiger partial charge in [0.15, 0.2) is 0 Å². The number of nitrogens with one attached hydrogen (secondary N) is 2. The van der Waals surface area contributed by atoms with Crippen LogP contribution in [0, 0.1) is 5.41 Å². The minimum atomic E-state index is 0.0618.